The fourth-order valence-electron chi connectivity index (χ4n) is 0.965. The lowest BCUT2D eigenvalue weighted by Crippen LogP contribution is -2.36. The van der Waals surface area contributed by atoms with Gasteiger partial charge in [-0.15, -0.1) is 11.3 Å². The number of hydrogen-bond donors (Lipinski definition) is 1. The van der Waals surface area contributed by atoms with E-state index in [9.17, 15) is 0 Å². The van der Waals surface area contributed by atoms with Gasteiger partial charge in [0.1, 0.15) is 0 Å². The van der Waals surface area contributed by atoms with Crippen LogP contribution in [0.4, 0.5) is 0 Å². The molecule has 0 saturated heterocycles. The first-order chi connectivity index (χ1) is 5.97. The van der Waals surface area contributed by atoms with Gasteiger partial charge in [0.05, 0.1) is 16.0 Å². The highest BCUT2D eigenvalue weighted by Crippen LogP contribution is 2.32. The minimum Gasteiger partial charge on any atom is -0.377 e. The molecule has 74 valence electrons. The van der Waals surface area contributed by atoms with E-state index in [1.807, 2.05) is 26.0 Å². The predicted molar refractivity (Wildman–Crippen MR) is 57.3 cm³/mol. The summed E-state index contributed by atoms with van der Waals surface area (Å²) in [6.45, 7) is 3.93. The summed E-state index contributed by atoms with van der Waals surface area (Å²) >= 11 is 7.32. The topological polar surface area (TPSA) is 35.2 Å². The van der Waals surface area contributed by atoms with Gasteiger partial charge in [0.25, 0.3) is 0 Å². The maximum Gasteiger partial charge on any atom is 0.0931 e. The van der Waals surface area contributed by atoms with Crippen LogP contribution in [0.2, 0.25) is 4.34 Å². The molecule has 0 aromatic carbocycles. The Morgan fingerprint density at radius 2 is 2.15 bits per heavy atom. The smallest absolute Gasteiger partial charge is 0.0931 e. The van der Waals surface area contributed by atoms with Crippen molar-refractivity contribution in [3.63, 3.8) is 0 Å². The van der Waals surface area contributed by atoms with Gasteiger partial charge in [0, 0.05) is 12.0 Å². The van der Waals surface area contributed by atoms with E-state index in [1.54, 1.807) is 7.11 Å². The summed E-state index contributed by atoms with van der Waals surface area (Å²) in [5, 5.41) is 0. The van der Waals surface area contributed by atoms with Crippen LogP contribution in [0.1, 0.15) is 24.8 Å². The lowest BCUT2D eigenvalue weighted by molar-refractivity contribution is 0.000863. The molecule has 1 aromatic rings. The molecule has 0 fully saturated rings. The summed E-state index contributed by atoms with van der Waals surface area (Å²) < 4.78 is 6.06. The summed E-state index contributed by atoms with van der Waals surface area (Å²) in [4.78, 5) is 1.05. The normalized spacial score (nSPS) is 14.5. The molecule has 13 heavy (non-hydrogen) atoms. The minimum absolute atomic E-state index is 0.130. The van der Waals surface area contributed by atoms with E-state index in [-0.39, 0.29) is 11.6 Å². The quantitative estimate of drug-likeness (QED) is 0.849. The second-order valence-electron chi connectivity index (χ2n) is 3.43. The first-order valence-electron chi connectivity index (χ1n) is 4.03. The number of rotatable bonds is 3. The fourth-order valence-corrected chi connectivity index (χ4v) is 2.20. The van der Waals surface area contributed by atoms with Crippen LogP contribution in [-0.2, 0) is 4.74 Å². The third-order valence-electron chi connectivity index (χ3n) is 2.18. The van der Waals surface area contributed by atoms with E-state index in [1.165, 1.54) is 11.3 Å². The zero-order chi connectivity index (χ0) is 10.1. The van der Waals surface area contributed by atoms with Gasteiger partial charge in [-0.3, -0.25) is 0 Å². The van der Waals surface area contributed by atoms with Gasteiger partial charge in [0.2, 0.25) is 0 Å². The average Bonchev–Trinajstić information content (AvgIpc) is 2.50. The molecule has 0 aliphatic heterocycles. The average molecular weight is 220 g/mol. The number of methoxy groups -OCH3 is 1. The Bertz CT molecular complexity index is 285. The fraction of sp³-hybridized carbons (Fsp3) is 0.556. The number of hydrogen-bond acceptors (Lipinski definition) is 3. The molecule has 1 unspecified atom stereocenters. The molecule has 0 spiro atoms. The van der Waals surface area contributed by atoms with E-state index in [0.717, 1.165) is 9.21 Å². The molecule has 0 aliphatic rings. The molecule has 0 aliphatic carbocycles. The Kier molecular flexibility index (Phi) is 3.35. The van der Waals surface area contributed by atoms with E-state index < -0.39 is 0 Å². The summed E-state index contributed by atoms with van der Waals surface area (Å²) in [6, 6.07) is 3.67. The van der Waals surface area contributed by atoms with Gasteiger partial charge < -0.3 is 10.5 Å². The van der Waals surface area contributed by atoms with Gasteiger partial charge >= 0.3 is 0 Å². The molecule has 0 radical (unpaired) electrons. The lowest BCUT2D eigenvalue weighted by atomic mass is 9.98. The van der Waals surface area contributed by atoms with Gasteiger partial charge in [-0.1, -0.05) is 11.6 Å². The maximum absolute atomic E-state index is 6.02. The van der Waals surface area contributed by atoms with Crippen molar-refractivity contribution in [2.24, 2.45) is 5.73 Å². The lowest BCUT2D eigenvalue weighted by Gasteiger charge is -2.29. The van der Waals surface area contributed by atoms with Crippen molar-refractivity contribution in [1.82, 2.24) is 0 Å². The molecule has 1 rings (SSSR count). The predicted octanol–water partition coefficient (Wildman–Crippen LogP) is 2.83. The largest absolute Gasteiger partial charge is 0.377 e. The zero-order valence-corrected chi connectivity index (χ0v) is 9.58. The Labute approximate surface area is 87.7 Å². The molecule has 1 atom stereocenters. The molecule has 0 amide bonds. The van der Waals surface area contributed by atoms with Crippen LogP contribution in [0.3, 0.4) is 0 Å². The number of thiophene rings is 1. The maximum atomic E-state index is 6.02. The van der Waals surface area contributed by atoms with Crippen LogP contribution in [-0.4, -0.2) is 12.7 Å². The summed E-state index contributed by atoms with van der Waals surface area (Å²) in [7, 11) is 1.66. The summed E-state index contributed by atoms with van der Waals surface area (Å²) in [5.74, 6) is 0. The van der Waals surface area contributed by atoms with E-state index >= 15 is 0 Å². The first kappa shape index (κ1) is 11.0. The van der Waals surface area contributed by atoms with Crippen molar-refractivity contribution in [1.29, 1.82) is 0 Å². The van der Waals surface area contributed by atoms with Gasteiger partial charge in [0.15, 0.2) is 0 Å². The SMILES string of the molecule is COC(C)(C)C(N)c1ccc(Cl)s1. The van der Waals surface area contributed by atoms with Crippen molar-refractivity contribution < 1.29 is 4.74 Å². The Hall–Kier alpha value is -0.0900. The van der Waals surface area contributed by atoms with Crippen molar-refractivity contribution in [3.8, 4) is 0 Å². The Morgan fingerprint density at radius 3 is 2.54 bits per heavy atom. The van der Waals surface area contributed by atoms with Gasteiger partial charge in [-0.25, -0.2) is 0 Å². The standard InChI is InChI=1S/C9H14ClNOS/c1-9(2,12-3)8(11)6-4-5-7(10)13-6/h4-5,8H,11H2,1-3H3. The molecular formula is C9H14ClNOS. The Balaban J connectivity index is 2.84. The van der Waals surface area contributed by atoms with Crippen LogP contribution < -0.4 is 5.73 Å². The van der Waals surface area contributed by atoms with Crippen LogP contribution >= 0.6 is 22.9 Å². The summed E-state index contributed by atoms with van der Waals surface area (Å²) in [5.41, 5.74) is 5.67. The first-order valence-corrected chi connectivity index (χ1v) is 5.23. The zero-order valence-electron chi connectivity index (χ0n) is 8.00. The second-order valence-corrected chi connectivity index (χ2v) is 5.17. The van der Waals surface area contributed by atoms with Crippen LogP contribution in [0, 0.1) is 0 Å². The minimum atomic E-state index is -0.353. The highest BCUT2D eigenvalue weighted by atomic mass is 35.5. The van der Waals surface area contributed by atoms with Gasteiger partial charge in [-0.05, 0) is 26.0 Å². The molecular weight excluding hydrogens is 206 g/mol. The van der Waals surface area contributed by atoms with E-state index in [2.05, 4.69) is 0 Å². The molecule has 1 heterocycles. The van der Waals surface area contributed by atoms with Crippen molar-refractivity contribution in [2.75, 3.05) is 7.11 Å². The van der Waals surface area contributed by atoms with Crippen molar-refractivity contribution in [2.45, 2.75) is 25.5 Å². The number of ether oxygens (including phenoxy) is 1. The van der Waals surface area contributed by atoms with Crippen LogP contribution in [0.15, 0.2) is 12.1 Å². The van der Waals surface area contributed by atoms with Crippen LogP contribution in [0.25, 0.3) is 0 Å². The second kappa shape index (κ2) is 3.96. The third kappa shape index (κ3) is 2.44. The van der Waals surface area contributed by atoms with Gasteiger partial charge in [-0.2, -0.15) is 0 Å². The summed E-state index contributed by atoms with van der Waals surface area (Å²) in [6.07, 6.45) is 0. The molecule has 2 N–H and O–H groups in total. The van der Waals surface area contributed by atoms with E-state index in [4.69, 9.17) is 22.1 Å². The molecule has 1 aromatic heterocycles. The third-order valence-corrected chi connectivity index (χ3v) is 3.49. The van der Waals surface area contributed by atoms with Crippen molar-refractivity contribution in [3.05, 3.63) is 21.3 Å². The monoisotopic (exact) mass is 219 g/mol. The molecule has 2 nitrogen and oxygen atoms in total. The Morgan fingerprint density at radius 1 is 1.54 bits per heavy atom. The highest BCUT2D eigenvalue weighted by molar-refractivity contribution is 7.16. The molecule has 4 heteroatoms. The highest BCUT2D eigenvalue weighted by Gasteiger charge is 2.28. The number of nitrogens with two attached hydrogens (primary N) is 1. The van der Waals surface area contributed by atoms with Crippen LogP contribution in [0.5, 0.6) is 0 Å². The van der Waals surface area contributed by atoms with E-state index in [0.29, 0.717) is 0 Å². The molecule has 0 bridgehead atoms. The van der Waals surface area contributed by atoms with Crippen molar-refractivity contribution >= 4 is 22.9 Å². The number of halogens is 1. The molecule has 0 saturated carbocycles.